The molecule has 0 bridgehead atoms. The van der Waals surface area contributed by atoms with Crippen LogP contribution in [0.4, 0.5) is 4.79 Å². The van der Waals surface area contributed by atoms with Crippen LogP contribution in [-0.4, -0.2) is 56.8 Å². The van der Waals surface area contributed by atoms with Crippen LogP contribution in [-0.2, 0) is 26.1 Å². The Morgan fingerprint density at radius 3 is 2.88 bits per heavy atom. The third-order valence-corrected chi connectivity index (χ3v) is 5.46. The maximum atomic E-state index is 12.4. The highest BCUT2D eigenvalue weighted by Crippen LogP contribution is 2.14. The first-order chi connectivity index (χ1) is 11.8. The average molecular weight is 346 g/mol. The van der Waals surface area contributed by atoms with Crippen LogP contribution in [0.3, 0.4) is 0 Å². The highest BCUT2D eigenvalue weighted by Gasteiger charge is 2.22. The van der Waals surface area contributed by atoms with Crippen molar-refractivity contribution in [2.75, 3.05) is 26.2 Å². The van der Waals surface area contributed by atoms with Gasteiger partial charge in [0.05, 0.1) is 6.54 Å². The number of hydrogen-bond acceptors (Lipinski definition) is 5. The first-order valence-corrected chi connectivity index (χ1v) is 9.41. The number of piperazine rings is 1. The summed E-state index contributed by atoms with van der Waals surface area (Å²) < 4.78 is 2.12. The molecule has 0 radical (unpaired) electrons. The highest BCUT2D eigenvalue weighted by atomic mass is 32.1. The summed E-state index contributed by atoms with van der Waals surface area (Å²) in [6, 6.07) is 2.17. The Morgan fingerprint density at radius 2 is 2.08 bits per heavy atom. The molecule has 2 amide bonds. The summed E-state index contributed by atoms with van der Waals surface area (Å²) in [5, 5.41) is 15.6. The van der Waals surface area contributed by atoms with Crippen molar-refractivity contribution in [1.29, 1.82) is 0 Å². The van der Waals surface area contributed by atoms with Gasteiger partial charge in [-0.15, -0.1) is 10.2 Å². The van der Waals surface area contributed by atoms with Crippen molar-refractivity contribution in [2.24, 2.45) is 0 Å². The van der Waals surface area contributed by atoms with E-state index >= 15 is 0 Å². The fourth-order valence-electron chi connectivity index (χ4n) is 3.36. The Labute approximate surface area is 145 Å². The summed E-state index contributed by atoms with van der Waals surface area (Å²) in [4.78, 5) is 16.7. The molecule has 2 aromatic rings. The quantitative estimate of drug-likeness (QED) is 0.907. The van der Waals surface area contributed by atoms with Crippen LogP contribution in [0.5, 0.6) is 0 Å². The zero-order valence-corrected chi connectivity index (χ0v) is 14.5. The fraction of sp³-hybridized carbons (Fsp3) is 0.562. The van der Waals surface area contributed by atoms with Crippen molar-refractivity contribution in [1.82, 2.24) is 29.9 Å². The molecule has 1 N–H and O–H groups in total. The highest BCUT2D eigenvalue weighted by molar-refractivity contribution is 7.07. The van der Waals surface area contributed by atoms with Gasteiger partial charge in [-0.25, -0.2) is 4.79 Å². The van der Waals surface area contributed by atoms with Crippen LogP contribution in [0, 0.1) is 0 Å². The van der Waals surface area contributed by atoms with Crippen LogP contribution in [0.1, 0.15) is 23.6 Å². The van der Waals surface area contributed by atoms with Gasteiger partial charge >= 0.3 is 6.03 Å². The molecule has 2 aromatic heterocycles. The number of amides is 2. The van der Waals surface area contributed by atoms with E-state index in [0.29, 0.717) is 6.54 Å². The van der Waals surface area contributed by atoms with E-state index in [9.17, 15) is 4.79 Å². The third-order valence-electron chi connectivity index (χ3n) is 4.73. The van der Waals surface area contributed by atoms with E-state index in [1.807, 2.05) is 4.90 Å². The number of urea groups is 1. The Kier molecular flexibility index (Phi) is 4.48. The molecule has 7 nitrogen and oxygen atoms in total. The number of carbonyl (C=O) groups excluding carboxylic acids is 1. The van der Waals surface area contributed by atoms with Gasteiger partial charge in [0.15, 0.2) is 5.82 Å². The molecule has 2 aliphatic rings. The summed E-state index contributed by atoms with van der Waals surface area (Å²) in [5.41, 5.74) is 1.36. The van der Waals surface area contributed by atoms with E-state index in [0.717, 1.165) is 63.8 Å². The second-order valence-corrected chi connectivity index (χ2v) is 7.12. The van der Waals surface area contributed by atoms with Crippen LogP contribution in [0.2, 0.25) is 0 Å². The number of thiophene rings is 1. The molecule has 0 atom stereocenters. The first-order valence-electron chi connectivity index (χ1n) is 8.47. The van der Waals surface area contributed by atoms with Crippen LogP contribution >= 0.6 is 11.3 Å². The van der Waals surface area contributed by atoms with Gasteiger partial charge in [0.25, 0.3) is 0 Å². The minimum absolute atomic E-state index is 0.000491. The maximum absolute atomic E-state index is 12.4. The van der Waals surface area contributed by atoms with Gasteiger partial charge in [0, 0.05) is 45.7 Å². The summed E-state index contributed by atoms with van der Waals surface area (Å²) in [6.07, 6.45) is 2.12. The number of fused-ring (bicyclic) bond motifs is 1. The lowest BCUT2D eigenvalue weighted by molar-refractivity contribution is 0.135. The predicted molar refractivity (Wildman–Crippen MR) is 91.7 cm³/mol. The standard InChI is InChI=1S/C16H22N6OS/c23-16(17-10-15-19-18-14-2-1-4-22(14)15)21-7-5-20(6-8-21)11-13-3-9-24-12-13/h3,9,12H,1-2,4-8,10-11H2,(H,17,23). The second-order valence-electron chi connectivity index (χ2n) is 6.34. The zero-order chi connectivity index (χ0) is 16.4. The smallest absolute Gasteiger partial charge is 0.317 e. The van der Waals surface area contributed by atoms with E-state index in [4.69, 9.17) is 0 Å². The molecule has 4 heterocycles. The van der Waals surface area contributed by atoms with E-state index in [1.54, 1.807) is 11.3 Å². The minimum Gasteiger partial charge on any atom is -0.331 e. The van der Waals surface area contributed by atoms with Gasteiger partial charge < -0.3 is 14.8 Å². The molecule has 8 heteroatoms. The Morgan fingerprint density at radius 1 is 1.21 bits per heavy atom. The number of nitrogens with zero attached hydrogens (tertiary/aromatic N) is 5. The molecule has 0 aliphatic carbocycles. The van der Waals surface area contributed by atoms with Crippen molar-refractivity contribution < 1.29 is 4.79 Å². The molecule has 0 saturated carbocycles. The van der Waals surface area contributed by atoms with E-state index in [-0.39, 0.29) is 6.03 Å². The zero-order valence-electron chi connectivity index (χ0n) is 13.6. The van der Waals surface area contributed by atoms with Crippen molar-refractivity contribution in [3.8, 4) is 0 Å². The van der Waals surface area contributed by atoms with Crippen molar-refractivity contribution in [3.63, 3.8) is 0 Å². The number of aryl methyl sites for hydroxylation is 1. The van der Waals surface area contributed by atoms with E-state index in [2.05, 4.69) is 41.8 Å². The lowest BCUT2D eigenvalue weighted by Crippen LogP contribution is -2.51. The van der Waals surface area contributed by atoms with Crippen LogP contribution in [0.25, 0.3) is 0 Å². The molecule has 24 heavy (non-hydrogen) atoms. The summed E-state index contributed by atoms with van der Waals surface area (Å²) in [7, 11) is 0. The largest absolute Gasteiger partial charge is 0.331 e. The van der Waals surface area contributed by atoms with Crippen LogP contribution < -0.4 is 5.32 Å². The monoisotopic (exact) mass is 346 g/mol. The number of hydrogen-bond donors (Lipinski definition) is 1. The minimum atomic E-state index is 0.000491. The Hall–Kier alpha value is -1.93. The van der Waals surface area contributed by atoms with Gasteiger partial charge in [0.1, 0.15) is 5.82 Å². The molecule has 1 saturated heterocycles. The molecular formula is C16H22N6OS. The van der Waals surface area contributed by atoms with Gasteiger partial charge in [-0.2, -0.15) is 11.3 Å². The molecule has 128 valence electrons. The lowest BCUT2D eigenvalue weighted by Gasteiger charge is -2.34. The molecule has 0 spiro atoms. The first kappa shape index (κ1) is 15.6. The van der Waals surface area contributed by atoms with Crippen molar-refractivity contribution >= 4 is 17.4 Å². The number of rotatable bonds is 4. The van der Waals surface area contributed by atoms with Crippen molar-refractivity contribution in [2.45, 2.75) is 32.5 Å². The molecular weight excluding hydrogens is 324 g/mol. The molecule has 0 unspecified atom stereocenters. The van der Waals surface area contributed by atoms with E-state index < -0.39 is 0 Å². The Bertz CT molecular complexity index is 689. The van der Waals surface area contributed by atoms with Gasteiger partial charge in [-0.1, -0.05) is 0 Å². The predicted octanol–water partition coefficient (Wildman–Crippen LogP) is 1.31. The van der Waals surface area contributed by atoms with Gasteiger partial charge in [0.2, 0.25) is 0 Å². The molecule has 1 fully saturated rings. The molecule has 0 aromatic carbocycles. The normalized spacial score (nSPS) is 17.9. The topological polar surface area (TPSA) is 66.3 Å². The number of carbonyl (C=O) groups is 1. The third kappa shape index (κ3) is 3.29. The number of aromatic nitrogens is 3. The summed E-state index contributed by atoms with van der Waals surface area (Å²) in [5.74, 6) is 1.91. The van der Waals surface area contributed by atoms with Crippen molar-refractivity contribution in [3.05, 3.63) is 34.0 Å². The number of nitrogens with one attached hydrogen (secondary N) is 1. The summed E-state index contributed by atoms with van der Waals surface area (Å²) in [6.45, 7) is 5.79. The SMILES string of the molecule is O=C(NCc1nnc2n1CCC2)N1CCN(Cc2ccsc2)CC1. The fourth-order valence-corrected chi connectivity index (χ4v) is 4.02. The van der Waals surface area contributed by atoms with Gasteiger partial charge in [-0.3, -0.25) is 4.90 Å². The maximum Gasteiger partial charge on any atom is 0.317 e. The van der Waals surface area contributed by atoms with Crippen LogP contribution in [0.15, 0.2) is 16.8 Å². The summed E-state index contributed by atoms with van der Waals surface area (Å²) >= 11 is 1.73. The molecule has 2 aliphatic heterocycles. The van der Waals surface area contributed by atoms with E-state index in [1.165, 1.54) is 5.56 Å². The van der Waals surface area contributed by atoms with Gasteiger partial charge in [-0.05, 0) is 28.8 Å². The average Bonchev–Trinajstić information content (AvgIpc) is 3.32. The lowest BCUT2D eigenvalue weighted by atomic mass is 10.2. The molecule has 4 rings (SSSR count). The second kappa shape index (κ2) is 6.90. The Balaban J connectivity index is 1.24.